The topological polar surface area (TPSA) is 46.2 Å². The first kappa shape index (κ1) is 12.6. The highest BCUT2D eigenvalue weighted by molar-refractivity contribution is 6.03. The fourth-order valence-electron chi connectivity index (χ4n) is 2.01. The van der Waals surface area contributed by atoms with Gasteiger partial charge in [0.1, 0.15) is 0 Å². The number of hydrogen-bond acceptors (Lipinski definition) is 2. The van der Waals surface area contributed by atoms with E-state index in [0.717, 1.165) is 6.07 Å². The number of amides is 2. The van der Waals surface area contributed by atoms with Crippen molar-refractivity contribution in [1.29, 1.82) is 0 Å². The van der Waals surface area contributed by atoms with E-state index in [9.17, 15) is 22.8 Å². The average molecular weight is 257 g/mol. The lowest BCUT2D eigenvalue weighted by molar-refractivity contribution is -0.138. The molecule has 1 aliphatic rings. The minimum absolute atomic E-state index is 0.0415. The molecule has 1 aromatic rings. The minimum Gasteiger partial charge on any atom is -0.296 e. The highest BCUT2D eigenvalue weighted by Crippen LogP contribution is 2.33. The maximum atomic E-state index is 12.7. The number of nitrogens with one attached hydrogen (secondary N) is 1. The van der Waals surface area contributed by atoms with Crippen LogP contribution in [-0.2, 0) is 22.2 Å². The summed E-state index contributed by atoms with van der Waals surface area (Å²) in [6, 6.07) is 5.09. The molecule has 0 saturated carbocycles. The van der Waals surface area contributed by atoms with Crippen LogP contribution in [0.15, 0.2) is 24.3 Å². The number of carbonyl (C=O) groups is 2. The second-order valence-corrected chi connectivity index (χ2v) is 4.17. The van der Waals surface area contributed by atoms with Crippen LogP contribution in [0.25, 0.3) is 0 Å². The number of imide groups is 1. The number of alkyl halides is 3. The molecule has 3 nitrogen and oxygen atoms in total. The molecule has 1 saturated heterocycles. The zero-order valence-corrected chi connectivity index (χ0v) is 9.25. The summed E-state index contributed by atoms with van der Waals surface area (Å²) in [5.41, 5.74) is -0.711. The van der Waals surface area contributed by atoms with Gasteiger partial charge in [-0.15, -0.1) is 0 Å². The molecular formula is C12H10F3NO2. The normalized spacial score (nSPS) is 20.1. The van der Waals surface area contributed by atoms with Gasteiger partial charge < -0.3 is 0 Å². The average Bonchev–Trinajstić information content (AvgIpc) is 2.57. The summed E-state index contributed by atoms with van der Waals surface area (Å²) >= 11 is 0. The minimum atomic E-state index is -4.45. The summed E-state index contributed by atoms with van der Waals surface area (Å²) in [6.45, 7) is 0. The molecule has 1 N–H and O–H groups in total. The first-order valence-corrected chi connectivity index (χ1v) is 5.36. The second-order valence-electron chi connectivity index (χ2n) is 4.17. The molecular weight excluding hydrogens is 247 g/mol. The molecule has 2 amide bonds. The van der Waals surface area contributed by atoms with E-state index in [1.54, 1.807) is 0 Å². The summed E-state index contributed by atoms with van der Waals surface area (Å²) in [6.07, 6.45) is -4.58. The van der Waals surface area contributed by atoms with Crippen LogP contribution in [0, 0.1) is 5.92 Å². The highest BCUT2D eigenvalue weighted by Gasteiger charge is 2.36. The van der Waals surface area contributed by atoms with Gasteiger partial charge in [0.15, 0.2) is 0 Å². The van der Waals surface area contributed by atoms with Gasteiger partial charge in [0.2, 0.25) is 11.8 Å². The molecule has 96 valence electrons. The van der Waals surface area contributed by atoms with E-state index in [2.05, 4.69) is 5.32 Å². The lowest BCUT2D eigenvalue weighted by Gasteiger charge is -2.14. The molecule has 0 aliphatic carbocycles. The Bertz CT molecular complexity index is 496. The van der Waals surface area contributed by atoms with Crippen LogP contribution < -0.4 is 5.32 Å². The number of carbonyl (C=O) groups excluding carboxylic acids is 2. The molecule has 1 aromatic carbocycles. The molecule has 0 bridgehead atoms. The van der Waals surface area contributed by atoms with E-state index in [1.165, 1.54) is 18.2 Å². The predicted molar refractivity (Wildman–Crippen MR) is 56.4 cm³/mol. The Morgan fingerprint density at radius 3 is 2.44 bits per heavy atom. The Kier molecular flexibility index (Phi) is 3.11. The third-order valence-corrected chi connectivity index (χ3v) is 2.85. The van der Waals surface area contributed by atoms with E-state index in [0.29, 0.717) is 0 Å². The van der Waals surface area contributed by atoms with E-state index in [1.807, 2.05) is 0 Å². The van der Waals surface area contributed by atoms with Crippen LogP contribution in [0.4, 0.5) is 13.2 Å². The van der Waals surface area contributed by atoms with Gasteiger partial charge in [-0.1, -0.05) is 18.2 Å². The third kappa shape index (κ3) is 2.52. The van der Waals surface area contributed by atoms with Crippen LogP contribution in [0.1, 0.15) is 17.5 Å². The largest absolute Gasteiger partial charge is 0.416 e. The van der Waals surface area contributed by atoms with Crippen molar-refractivity contribution in [3.63, 3.8) is 0 Å². The van der Waals surface area contributed by atoms with Crippen molar-refractivity contribution in [2.24, 2.45) is 5.92 Å². The van der Waals surface area contributed by atoms with Crippen molar-refractivity contribution in [3.8, 4) is 0 Å². The molecule has 1 heterocycles. The Hall–Kier alpha value is -1.85. The van der Waals surface area contributed by atoms with Crippen LogP contribution in [0.2, 0.25) is 0 Å². The summed E-state index contributed by atoms with van der Waals surface area (Å²) < 4.78 is 38.2. The number of halogens is 3. The van der Waals surface area contributed by atoms with Gasteiger partial charge in [-0.05, 0) is 18.1 Å². The third-order valence-electron chi connectivity index (χ3n) is 2.85. The number of hydrogen-bond donors (Lipinski definition) is 1. The van der Waals surface area contributed by atoms with Gasteiger partial charge in [0.25, 0.3) is 0 Å². The van der Waals surface area contributed by atoms with Gasteiger partial charge in [-0.25, -0.2) is 0 Å². The molecule has 0 spiro atoms. The second kappa shape index (κ2) is 4.44. The van der Waals surface area contributed by atoms with Crippen molar-refractivity contribution >= 4 is 11.8 Å². The van der Waals surface area contributed by atoms with Gasteiger partial charge >= 0.3 is 6.18 Å². The molecule has 0 radical (unpaired) electrons. The Morgan fingerprint density at radius 1 is 1.22 bits per heavy atom. The summed E-state index contributed by atoms with van der Waals surface area (Å²) in [4.78, 5) is 22.3. The highest BCUT2D eigenvalue weighted by atomic mass is 19.4. The predicted octanol–water partition coefficient (Wildman–Crippen LogP) is 1.91. The van der Waals surface area contributed by atoms with Crippen molar-refractivity contribution in [2.45, 2.75) is 19.0 Å². The molecule has 18 heavy (non-hydrogen) atoms. The lowest BCUT2D eigenvalue weighted by Crippen LogP contribution is -2.23. The summed E-state index contributed by atoms with van der Waals surface area (Å²) in [7, 11) is 0. The Morgan fingerprint density at radius 2 is 1.89 bits per heavy atom. The maximum absolute atomic E-state index is 12.7. The van der Waals surface area contributed by atoms with Crippen LogP contribution in [-0.4, -0.2) is 11.8 Å². The van der Waals surface area contributed by atoms with Gasteiger partial charge in [-0.3, -0.25) is 14.9 Å². The SMILES string of the molecule is O=C1CC(Cc2ccccc2C(F)(F)F)C(=O)N1. The lowest BCUT2D eigenvalue weighted by atomic mass is 9.94. The van der Waals surface area contributed by atoms with Crippen molar-refractivity contribution in [1.82, 2.24) is 5.32 Å². The van der Waals surface area contributed by atoms with Crippen molar-refractivity contribution in [3.05, 3.63) is 35.4 Å². The fraction of sp³-hybridized carbons (Fsp3) is 0.333. The molecule has 1 aliphatic heterocycles. The molecule has 1 fully saturated rings. The number of rotatable bonds is 2. The smallest absolute Gasteiger partial charge is 0.296 e. The van der Waals surface area contributed by atoms with Crippen molar-refractivity contribution in [2.75, 3.05) is 0 Å². The Labute approximate surface area is 101 Å². The fourth-order valence-corrected chi connectivity index (χ4v) is 2.01. The monoisotopic (exact) mass is 257 g/mol. The quantitative estimate of drug-likeness (QED) is 0.823. The van der Waals surface area contributed by atoms with Crippen LogP contribution in [0.3, 0.4) is 0 Å². The standard InChI is InChI=1S/C12H10F3NO2/c13-12(14,15)9-4-2-1-3-7(9)5-8-6-10(17)16-11(8)18/h1-4,8H,5-6H2,(H,16,17,18). The van der Waals surface area contributed by atoms with Crippen molar-refractivity contribution < 1.29 is 22.8 Å². The molecule has 0 aromatic heterocycles. The molecule has 2 rings (SSSR count). The number of benzene rings is 1. The summed E-state index contributed by atoms with van der Waals surface area (Å²) in [5.74, 6) is -1.65. The zero-order valence-electron chi connectivity index (χ0n) is 9.25. The van der Waals surface area contributed by atoms with Gasteiger partial charge in [0, 0.05) is 6.42 Å². The Balaban J connectivity index is 2.25. The van der Waals surface area contributed by atoms with E-state index in [4.69, 9.17) is 0 Å². The van der Waals surface area contributed by atoms with E-state index < -0.39 is 29.5 Å². The van der Waals surface area contributed by atoms with Crippen LogP contribution >= 0.6 is 0 Å². The summed E-state index contributed by atoms with van der Waals surface area (Å²) in [5, 5.41) is 2.09. The maximum Gasteiger partial charge on any atom is 0.416 e. The first-order chi connectivity index (χ1) is 8.38. The van der Waals surface area contributed by atoms with Crippen LogP contribution in [0.5, 0.6) is 0 Å². The molecule has 1 atom stereocenters. The van der Waals surface area contributed by atoms with Gasteiger partial charge in [0.05, 0.1) is 11.5 Å². The van der Waals surface area contributed by atoms with Gasteiger partial charge in [-0.2, -0.15) is 13.2 Å². The molecule has 6 heteroatoms. The first-order valence-electron chi connectivity index (χ1n) is 5.36. The van der Waals surface area contributed by atoms with E-state index >= 15 is 0 Å². The van der Waals surface area contributed by atoms with E-state index in [-0.39, 0.29) is 18.4 Å². The molecule has 1 unspecified atom stereocenters. The zero-order chi connectivity index (χ0) is 13.3.